The van der Waals surface area contributed by atoms with Gasteiger partial charge in [0.25, 0.3) is 0 Å². The molecule has 6 heteroatoms. The standard InChI is InChI=1S/C15H14N4OS/c20-11-16-14-9-5-4-6-12(14)10-17-19-15(21)18-13-7-2-1-3-8-13/h1-11H,(H,16,20)(H2,18,19,21)/b17-10+. The topological polar surface area (TPSA) is 65.5 Å². The molecule has 1 amide bonds. The van der Waals surface area contributed by atoms with Crippen molar-refractivity contribution >= 4 is 41.3 Å². The minimum atomic E-state index is 0.387. The fraction of sp³-hybridized carbons (Fsp3) is 0. The third-order valence-electron chi connectivity index (χ3n) is 2.58. The van der Waals surface area contributed by atoms with Gasteiger partial charge in [0, 0.05) is 16.9 Å². The number of thiocarbonyl (C=S) groups is 1. The van der Waals surface area contributed by atoms with E-state index in [1.165, 1.54) is 0 Å². The lowest BCUT2D eigenvalue weighted by Gasteiger charge is -2.07. The highest BCUT2D eigenvalue weighted by molar-refractivity contribution is 7.80. The molecule has 0 radical (unpaired) electrons. The summed E-state index contributed by atoms with van der Waals surface area (Å²) in [6.45, 7) is 0. The summed E-state index contributed by atoms with van der Waals surface area (Å²) in [5.74, 6) is 0. The smallest absolute Gasteiger partial charge is 0.211 e. The number of hydrazone groups is 1. The number of nitrogens with zero attached hydrogens (tertiary/aromatic N) is 1. The van der Waals surface area contributed by atoms with E-state index in [4.69, 9.17) is 12.2 Å². The van der Waals surface area contributed by atoms with E-state index in [1.54, 1.807) is 12.3 Å². The Labute approximate surface area is 128 Å². The van der Waals surface area contributed by atoms with Gasteiger partial charge in [0.05, 0.1) is 6.21 Å². The Balaban J connectivity index is 1.93. The van der Waals surface area contributed by atoms with Gasteiger partial charge in [-0.1, -0.05) is 36.4 Å². The number of benzene rings is 2. The van der Waals surface area contributed by atoms with Gasteiger partial charge in [-0.25, -0.2) is 0 Å². The molecule has 0 aliphatic rings. The monoisotopic (exact) mass is 298 g/mol. The Hall–Kier alpha value is -2.73. The maximum Gasteiger partial charge on any atom is 0.211 e. The summed E-state index contributed by atoms with van der Waals surface area (Å²) in [6.07, 6.45) is 2.21. The molecule has 0 bridgehead atoms. The van der Waals surface area contributed by atoms with Crippen molar-refractivity contribution in [3.05, 3.63) is 60.2 Å². The van der Waals surface area contributed by atoms with E-state index >= 15 is 0 Å². The number of para-hydroxylation sites is 2. The molecule has 5 nitrogen and oxygen atoms in total. The molecule has 21 heavy (non-hydrogen) atoms. The molecule has 2 rings (SSSR count). The zero-order chi connectivity index (χ0) is 14.9. The van der Waals surface area contributed by atoms with Crippen LogP contribution in [0.25, 0.3) is 0 Å². The Morgan fingerprint density at radius 3 is 2.52 bits per heavy atom. The van der Waals surface area contributed by atoms with Crippen molar-refractivity contribution < 1.29 is 4.79 Å². The SMILES string of the molecule is O=CNc1ccccc1/C=N/NC(=S)Nc1ccccc1. The van der Waals surface area contributed by atoms with E-state index in [1.807, 2.05) is 48.5 Å². The van der Waals surface area contributed by atoms with Crippen LogP contribution in [0.3, 0.4) is 0 Å². The highest BCUT2D eigenvalue weighted by Gasteiger charge is 1.98. The molecule has 0 heterocycles. The zero-order valence-corrected chi connectivity index (χ0v) is 11.9. The number of anilines is 2. The van der Waals surface area contributed by atoms with Crippen LogP contribution in [0.2, 0.25) is 0 Å². The number of amides is 1. The molecule has 3 N–H and O–H groups in total. The highest BCUT2D eigenvalue weighted by Crippen LogP contribution is 2.11. The molecule has 2 aromatic carbocycles. The summed E-state index contributed by atoms with van der Waals surface area (Å²) in [7, 11) is 0. The maximum atomic E-state index is 10.5. The van der Waals surface area contributed by atoms with Crippen molar-refractivity contribution in [2.45, 2.75) is 0 Å². The first kappa shape index (κ1) is 14.7. The number of rotatable bonds is 5. The van der Waals surface area contributed by atoms with E-state index in [-0.39, 0.29) is 0 Å². The first-order valence-electron chi connectivity index (χ1n) is 6.24. The second kappa shape index (κ2) is 7.76. The third kappa shape index (κ3) is 4.70. The zero-order valence-electron chi connectivity index (χ0n) is 11.1. The molecule has 2 aromatic rings. The van der Waals surface area contributed by atoms with Crippen LogP contribution in [0.15, 0.2) is 59.7 Å². The summed E-state index contributed by atoms with van der Waals surface area (Å²) < 4.78 is 0. The van der Waals surface area contributed by atoms with Gasteiger partial charge in [0.15, 0.2) is 5.11 Å². The number of hydrogen-bond donors (Lipinski definition) is 3. The number of carbonyl (C=O) groups excluding carboxylic acids is 1. The Morgan fingerprint density at radius 2 is 1.76 bits per heavy atom. The van der Waals surface area contributed by atoms with Crippen LogP contribution in [0.1, 0.15) is 5.56 Å². The normalized spacial score (nSPS) is 10.1. The molecule has 0 fully saturated rings. The largest absolute Gasteiger partial charge is 0.331 e. The van der Waals surface area contributed by atoms with Gasteiger partial charge in [0.1, 0.15) is 0 Å². The second-order valence-electron chi connectivity index (χ2n) is 4.04. The summed E-state index contributed by atoms with van der Waals surface area (Å²) in [6, 6.07) is 16.9. The van der Waals surface area contributed by atoms with Gasteiger partial charge in [-0.3, -0.25) is 10.2 Å². The summed E-state index contributed by atoms with van der Waals surface area (Å²) >= 11 is 5.13. The molecule has 0 aromatic heterocycles. The fourth-order valence-corrected chi connectivity index (χ4v) is 1.82. The quantitative estimate of drug-likeness (QED) is 0.343. The summed E-state index contributed by atoms with van der Waals surface area (Å²) in [5.41, 5.74) is 5.06. The third-order valence-corrected chi connectivity index (χ3v) is 2.77. The molecular weight excluding hydrogens is 284 g/mol. The fourth-order valence-electron chi connectivity index (χ4n) is 1.65. The Kier molecular flexibility index (Phi) is 5.42. The lowest BCUT2D eigenvalue weighted by molar-refractivity contribution is -0.105. The Morgan fingerprint density at radius 1 is 1.05 bits per heavy atom. The minimum absolute atomic E-state index is 0.387. The van der Waals surface area contributed by atoms with Crippen LogP contribution in [0, 0.1) is 0 Å². The second-order valence-corrected chi connectivity index (χ2v) is 4.45. The van der Waals surface area contributed by atoms with Crippen molar-refractivity contribution in [2.24, 2.45) is 5.10 Å². The van der Waals surface area contributed by atoms with Crippen LogP contribution < -0.4 is 16.1 Å². The van der Waals surface area contributed by atoms with Crippen molar-refractivity contribution in [3.8, 4) is 0 Å². The van der Waals surface area contributed by atoms with Crippen LogP contribution >= 0.6 is 12.2 Å². The van der Waals surface area contributed by atoms with Crippen LogP contribution in [0.4, 0.5) is 11.4 Å². The lowest BCUT2D eigenvalue weighted by Crippen LogP contribution is -2.23. The van der Waals surface area contributed by atoms with Gasteiger partial charge >= 0.3 is 0 Å². The minimum Gasteiger partial charge on any atom is -0.331 e. The Bertz CT molecular complexity index is 643. The van der Waals surface area contributed by atoms with Crippen LogP contribution in [0.5, 0.6) is 0 Å². The van der Waals surface area contributed by atoms with E-state index in [0.29, 0.717) is 17.2 Å². The van der Waals surface area contributed by atoms with Gasteiger partial charge < -0.3 is 10.6 Å². The average Bonchev–Trinajstić information content (AvgIpc) is 2.50. The van der Waals surface area contributed by atoms with Crippen molar-refractivity contribution in [1.82, 2.24) is 5.43 Å². The molecule has 106 valence electrons. The molecule has 0 aliphatic carbocycles. The maximum absolute atomic E-state index is 10.5. The predicted octanol–water partition coefficient (Wildman–Crippen LogP) is 2.58. The molecule has 0 unspecified atom stereocenters. The van der Waals surface area contributed by atoms with E-state index in [2.05, 4.69) is 21.2 Å². The van der Waals surface area contributed by atoms with E-state index in [9.17, 15) is 4.79 Å². The predicted molar refractivity (Wildman–Crippen MR) is 89.5 cm³/mol. The van der Waals surface area contributed by atoms with Crippen molar-refractivity contribution in [3.63, 3.8) is 0 Å². The summed E-state index contributed by atoms with van der Waals surface area (Å²) in [4.78, 5) is 10.5. The lowest BCUT2D eigenvalue weighted by atomic mass is 10.2. The van der Waals surface area contributed by atoms with Crippen LogP contribution in [-0.2, 0) is 4.79 Å². The molecule has 0 saturated heterocycles. The van der Waals surface area contributed by atoms with Gasteiger partial charge in [-0.05, 0) is 30.4 Å². The molecule has 0 spiro atoms. The number of nitrogens with one attached hydrogen (secondary N) is 3. The van der Waals surface area contributed by atoms with Crippen molar-refractivity contribution in [1.29, 1.82) is 0 Å². The van der Waals surface area contributed by atoms with Gasteiger partial charge in [-0.15, -0.1) is 0 Å². The number of hydrogen-bond acceptors (Lipinski definition) is 3. The first-order valence-corrected chi connectivity index (χ1v) is 6.65. The van der Waals surface area contributed by atoms with E-state index in [0.717, 1.165) is 11.3 Å². The van der Waals surface area contributed by atoms with Gasteiger partial charge in [0.2, 0.25) is 6.41 Å². The first-order chi connectivity index (χ1) is 10.3. The molecule has 0 aliphatic heterocycles. The van der Waals surface area contributed by atoms with Crippen molar-refractivity contribution in [2.75, 3.05) is 10.6 Å². The summed E-state index contributed by atoms with van der Waals surface area (Å²) in [5, 5.41) is 10.0. The molecule has 0 atom stereocenters. The van der Waals surface area contributed by atoms with Gasteiger partial charge in [-0.2, -0.15) is 5.10 Å². The highest BCUT2D eigenvalue weighted by atomic mass is 32.1. The molecule has 0 saturated carbocycles. The average molecular weight is 298 g/mol. The van der Waals surface area contributed by atoms with Crippen LogP contribution in [-0.4, -0.2) is 17.7 Å². The molecular formula is C15H14N4OS. The number of carbonyl (C=O) groups is 1. The van der Waals surface area contributed by atoms with E-state index < -0.39 is 0 Å².